The van der Waals surface area contributed by atoms with Crippen LogP contribution in [0.3, 0.4) is 0 Å². The van der Waals surface area contributed by atoms with Gasteiger partial charge >= 0.3 is 0 Å². The van der Waals surface area contributed by atoms with E-state index in [4.69, 9.17) is 9.72 Å². The Morgan fingerprint density at radius 3 is 2.29 bits per heavy atom. The molecule has 2 heterocycles. The first-order valence-corrected chi connectivity index (χ1v) is 21.3. The number of rotatable bonds is 17. The third kappa shape index (κ3) is 21.1. The third-order valence-corrected chi connectivity index (χ3v) is 10.3. The molecular weight excluding hydrogens is 709 g/mol. The second-order valence-electron chi connectivity index (χ2n) is 14.7. The quantitative estimate of drug-likeness (QED) is 0.0418. The molecule has 3 atom stereocenters. The molecular formula is C49H76N4O2S. The third-order valence-electron chi connectivity index (χ3n) is 9.35. The SMILES string of the molecule is C#CNC.C=C.C=C.C=C(C)NC(C)CCCc1cc(-c2cc(C(C)C)cs2)nc2c(C)c(OC)ccc12.CC1CC1.CCCCCC/C=C\[C@@H]1CC1NC=O. The minimum atomic E-state index is 0.430. The fourth-order valence-corrected chi connectivity index (χ4v) is 6.78. The number of terminal acetylenes is 1. The average molecular weight is 785 g/mol. The topological polar surface area (TPSA) is 75.3 Å². The van der Waals surface area contributed by atoms with Crippen molar-refractivity contribution in [3.05, 3.63) is 97.1 Å². The second kappa shape index (κ2) is 30.9. The van der Waals surface area contributed by atoms with Gasteiger partial charge < -0.3 is 20.7 Å². The Morgan fingerprint density at radius 1 is 1.11 bits per heavy atom. The van der Waals surface area contributed by atoms with Crippen molar-refractivity contribution in [2.45, 2.75) is 137 Å². The summed E-state index contributed by atoms with van der Waals surface area (Å²) in [6.07, 6.45) is 23.9. The molecule has 3 aromatic rings. The molecule has 310 valence electrons. The molecule has 2 unspecified atom stereocenters. The molecule has 0 radical (unpaired) electrons. The van der Waals surface area contributed by atoms with E-state index in [-0.39, 0.29) is 0 Å². The Labute approximate surface area is 346 Å². The number of carbonyl (C=O) groups is 1. The van der Waals surface area contributed by atoms with Crippen LogP contribution in [0.1, 0.15) is 128 Å². The predicted molar refractivity (Wildman–Crippen MR) is 249 cm³/mol. The number of aryl methyl sites for hydroxylation is 2. The van der Waals surface area contributed by atoms with Gasteiger partial charge in [-0.15, -0.1) is 37.7 Å². The van der Waals surface area contributed by atoms with Crippen molar-refractivity contribution >= 4 is 28.6 Å². The molecule has 0 saturated heterocycles. The molecule has 2 aliphatic rings. The number of nitrogens with one attached hydrogen (secondary N) is 3. The lowest BCUT2D eigenvalue weighted by atomic mass is 9.98. The lowest BCUT2D eigenvalue weighted by molar-refractivity contribution is -0.109. The molecule has 2 fully saturated rings. The number of benzene rings is 1. The average Bonchev–Trinajstić information content (AvgIpc) is 4.10. The summed E-state index contributed by atoms with van der Waals surface area (Å²) in [5, 5.41) is 12.2. The van der Waals surface area contributed by atoms with Crippen molar-refractivity contribution in [3.63, 3.8) is 0 Å². The van der Waals surface area contributed by atoms with Crippen molar-refractivity contribution < 1.29 is 9.53 Å². The van der Waals surface area contributed by atoms with Crippen LogP contribution >= 0.6 is 11.3 Å². The molecule has 3 N–H and O–H groups in total. The number of hydrogen-bond donors (Lipinski definition) is 3. The molecule has 0 bridgehead atoms. The number of pyridine rings is 1. The summed E-state index contributed by atoms with van der Waals surface area (Å²) < 4.78 is 5.57. The molecule has 2 aliphatic carbocycles. The first-order valence-electron chi connectivity index (χ1n) is 20.5. The van der Waals surface area contributed by atoms with Gasteiger partial charge in [0.1, 0.15) is 5.75 Å². The normalized spacial score (nSPS) is 15.2. The van der Waals surface area contributed by atoms with Gasteiger partial charge in [-0.3, -0.25) is 4.79 Å². The van der Waals surface area contributed by atoms with Crippen LogP contribution in [0.25, 0.3) is 21.5 Å². The first kappa shape index (κ1) is 51.7. The lowest BCUT2D eigenvalue weighted by Crippen LogP contribution is -2.23. The van der Waals surface area contributed by atoms with Crippen molar-refractivity contribution in [2.75, 3.05) is 14.2 Å². The molecule has 1 amide bonds. The van der Waals surface area contributed by atoms with Gasteiger partial charge in [-0.05, 0) is 118 Å². The smallest absolute Gasteiger partial charge is 0.207 e. The molecule has 2 saturated carbocycles. The van der Waals surface area contributed by atoms with Crippen molar-refractivity contribution in [1.82, 2.24) is 20.9 Å². The largest absolute Gasteiger partial charge is 0.496 e. The van der Waals surface area contributed by atoms with Crippen molar-refractivity contribution in [1.29, 1.82) is 0 Å². The van der Waals surface area contributed by atoms with E-state index in [1.54, 1.807) is 25.5 Å². The Kier molecular flexibility index (Phi) is 28.5. The van der Waals surface area contributed by atoms with Gasteiger partial charge in [-0.25, -0.2) is 4.98 Å². The van der Waals surface area contributed by atoms with Crippen LogP contribution in [0, 0.1) is 31.2 Å². The highest BCUT2D eigenvalue weighted by Crippen LogP contribution is 2.35. The van der Waals surface area contributed by atoms with Crippen LogP contribution in [-0.4, -0.2) is 37.6 Å². The Morgan fingerprint density at radius 2 is 1.77 bits per heavy atom. The molecule has 7 heteroatoms. The maximum Gasteiger partial charge on any atom is 0.207 e. The molecule has 0 spiro atoms. The summed E-state index contributed by atoms with van der Waals surface area (Å²) in [5.74, 6) is 3.12. The van der Waals surface area contributed by atoms with Gasteiger partial charge in [-0.1, -0.05) is 85.0 Å². The van der Waals surface area contributed by atoms with Crippen LogP contribution in [-0.2, 0) is 11.2 Å². The predicted octanol–water partition coefficient (Wildman–Crippen LogP) is 12.7. The van der Waals surface area contributed by atoms with Crippen LogP contribution in [0.4, 0.5) is 0 Å². The highest BCUT2D eigenvalue weighted by atomic mass is 32.1. The molecule has 0 aliphatic heterocycles. The maximum atomic E-state index is 10.1. The van der Waals surface area contributed by atoms with Crippen LogP contribution in [0.2, 0.25) is 0 Å². The van der Waals surface area contributed by atoms with Crippen molar-refractivity contribution in [2.24, 2.45) is 11.8 Å². The number of thiophene rings is 1. The molecule has 2 aromatic heterocycles. The van der Waals surface area contributed by atoms with Crippen LogP contribution in [0.5, 0.6) is 5.75 Å². The molecule has 6 nitrogen and oxygen atoms in total. The number of fused-ring (bicyclic) bond motifs is 1. The van der Waals surface area contributed by atoms with Gasteiger partial charge in [0.05, 0.1) is 23.2 Å². The van der Waals surface area contributed by atoms with E-state index in [0.29, 0.717) is 23.9 Å². The zero-order chi connectivity index (χ0) is 42.5. The number of carbonyl (C=O) groups excluding carboxylic acids is 1. The van der Waals surface area contributed by atoms with E-state index in [1.807, 2.05) is 6.92 Å². The van der Waals surface area contributed by atoms with E-state index < -0.39 is 0 Å². The zero-order valence-corrected chi connectivity index (χ0v) is 37.4. The minimum Gasteiger partial charge on any atom is -0.496 e. The Hall–Kier alpha value is -4.28. The standard InChI is InChI=1S/C26H34N2OS.C12H21NO.C4H8.C3H5N.2C2H4/c1-16(2)21-14-25(30-15-21)23-13-20(10-8-9-18(5)27-17(3)4)22-11-12-24(29-7)19(6)26(22)28-23;1-2-3-4-5-6-7-8-11-9-12(11)13-10-14;1-4-2-3-4;1-3-4-2;2*1-2/h11-16,18,27H,3,8-10H2,1-2,4-7H3;7-8,10-12H,2-6,9H2,1H3,(H,13,14);4H,2-3H2,1H3;1,4H,2H3;2*1-2H2/b;8-7-;;;;/t;11-,12?;;;;/m.1..../s1. The van der Waals surface area contributed by atoms with Gasteiger partial charge in [0.25, 0.3) is 0 Å². The number of ether oxygens (including phenoxy) is 1. The number of methoxy groups -OCH3 is 1. The highest BCUT2D eigenvalue weighted by molar-refractivity contribution is 7.13. The number of unbranched alkanes of at least 4 members (excludes halogenated alkanes) is 4. The first-order chi connectivity index (χ1) is 27.0. The van der Waals surface area contributed by atoms with Gasteiger partial charge in [0.2, 0.25) is 6.41 Å². The monoisotopic (exact) mass is 785 g/mol. The summed E-state index contributed by atoms with van der Waals surface area (Å²) in [7, 11) is 3.42. The highest BCUT2D eigenvalue weighted by Gasteiger charge is 2.33. The Bertz CT molecular complexity index is 1600. The summed E-state index contributed by atoms with van der Waals surface area (Å²) in [5.41, 5.74) is 6.99. The molecule has 5 rings (SSSR count). The molecule has 1 aromatic carbocycles. The van der Waals surface area contributed by atoms with E-state index in [2.05, 4.69) is 145 Å². The molecule has 56 heavy (non-hydrogen) atoms. The number of nitrogens with zero attached hydrogens (tertiary/aromatic N) is 1. The summed E-state index contributed by atoms with van der Waals surface area (Å²) in [6.45, 7) is 31.3. The van der Waals surface area contributed by atoms with Gasteiger partial charge in [0, 0.05) is 41.8 Å². The Balaban J connectivity index is 0.000000955. The number of amides is 1. The van der Waals surface area contributed by atoms with Gasteiger partial charge in [-0.2, -0.15) is 0 Å². The zero-order valence-electron chi connectivity index (χ0n) is 36.6. The second-order valence-corrected chi connectivity index (χ2v) is 15.6. The summed E-state index contributed by atoms with van der Waals surface area (Å²) in [4.78, 5) is 16.4. The summed E-state index contributed by atoms with van der Waals surface area (Å²) in [6, 6.07) is 11.9. The fraction of sp³-hybridized carbons (Fsp3) is 0.510. The number of hydrogen-bond acceptors (Lipinski definition) is 6. The van der Waals surface area contributed by atoms with Crippen molar-refractivity contribution in [3.8, 4) is 28.8 Å². The van der Waals surface area contributed by atoms with Gasteiger partial charge in [0.15, 0.2) is 0 Å². The fourth-order valence-electron chi connectivity index (χ4n) is 5.75. The number of aromatic nitrogens is 1. The number of allylic oxidation sites excluding steroid dienone is 2. The summed E-state index contributed by atoms with van der Waals surface area (Å²) >= 11 is 1.79. The lowest BCUT2D eigenvalue weighted by Gasteiger charge is -2.16. The van der Waals surface area contributed by atoms with Crippen LogP contribution < -0.4 is 20.7 Å². The minimum absolute atomic E-state index is 0.430. The maximum absolute atomic E-state index is 10.1. The van der Waals surface area contributed by atoms with E-state index >= 15 is 0 Å². The van der Waals surface area contributed by atoms with E-state index in [1.165, 1.54) is 66.3 Å². The van der Waals surface area contributed by atoms with Crippen LogP contribution in [0.15, 0.2) is 80.4 Å². The van der Waals surface area contributed by atoms with E-state index in [9.17, 15) is 4.79 Å². The van der Waals surface area contributed by atoms with E-state index in [0.717, 1.165) is 66.2 Å².